The first kappa shape index (κ1) is 20.6. The van der Waals surface area contributed by atoms with Crippen molar-refractivity contribution in [2.45, 2.75) is 25.4 Å². The third-order valence-electron chi connectivity index (χ3n) is 6.43. The van der Waals surface area contributed by atoms with Crippen LogP contribution in [-0.4, -0.2) is 42.8 Å². The molecule has 1 aliphatic rings. The van der Waals surface area contributed by atoms with Gasteiger partial charge >= 0.3 is 0 Å². The fraction of sp³-hybridized carbons (Fsp3) is 0.231. The second-order valence-corrected chi connectivity index (χ2v) is 8.61. The Morgan fingerprint density at radius 2 is 1.71 bits per heavy atom. The lowest BCUT2D eigenvalue weighted by Crippen LogP contribution is -2.34. The number of hydrogen-bond acceptors (Lipinski definition) is 7. The minimum Gasteiger partial charge on any atom is -0.307 e. The van der Waals surface area contributed by atoms with Crippen LogP contribution in [0.1, 0.15) is 24.4 Å². The predicted molar refractivity (Wildman–Crippen MR) is 131 cm³/mol. The van der Waals surface area contributed by atoms with Crippen LogP contribution in [0, 0.1) is 0 Å². The van der Waals surface area contributed by atoms with E-state index in [1.165, 1.54) is 5.56 Å². The molecule has 3 aromatic heterocycles. The molecule has 8 nitrogen and oxygen atoms in total. The zero-order valence-electron chi connectivity index (χ0n) is 18.7. The molecular formula is C26H25N7O. The molecule has 0 radical (unpaired) electrons. The summed E-state index contributed by atoms with van der Waals surface area (Å²) in [5.41, 5.74) is 5.21. The SMILES string of the molecule is c1ccc(CN2CCC(n3c(Nc4cnon4)nc4c(-c5ccccc5)nccc43)CC2)cc1. The second kappa shape index (κ2) is 9.07. The molecule has 0 aliphatic carbocycles. The molecule has 34 heavy (non-hydrogen) atoms. The Hall–Kier alpha value is -4.04. The van der Waals surface area contributed by atoms with Gasteiger partial charge in [0, 0.05) is 37.4 Å². The largest absolute Gasteiger partial charge is 0.307 e. The Labute approximate surface area is 197 Å². The first-order valence-electron chi connectivity index (χ1n) is 11.6. The summed E-state index contributed by atoms with van der Waals surface area (Å²) in [6.45, 7) is 3.04. The number of nitrogens with one attached hydrogen (secondary N) is 1. The molecule has 6 rings (SSSR count). The van der Waals surface area contributed by atoms with Gasteiger partial charge in [0.25, 0.3) is 0 Å². The number of rotatable bonds is 6. The Morgan fingerprint density at radius 3 is 2.44 bits per heavy atom. The minimum atomic E-state index is 0.311. The maximum absolute atomic E-state index is 4.99. The van der Waals surface area contributed by atoms with Crippen molar-refractivity contribution in [1.82, 2.24) is 29.7 Å². The molecule has 2 aromatic carbocycles. The number of likely N-dealkylation sites (tertiary alicyclic amines) is 1. The van der Waals surface area contributed by atoms with E-state index in [4.69, 9.17) is 9.61 Å². The molecule has 1 aliphatic heterocycles. The van der Waals surface area contributed by atoms with E-state index >= 15 is 0 Å². The van der Waals surface area contributed by atoms with Crippen LogP contribution >= 0.6 is 0 Å². The zero-order valence-corrected chi connectivity index (χ0v) is 18.7. The van der Waals surface area contributed by atoms with Gasteiger partial charge in [0.15, 0.2) is 5.82 Å². The van der Waals surface area contributed by atoms with E-state index in [1.807, 2.05) is 24.4 Å². The second-order valence-electron chi connectivity index (χ2n) is 8.61. The Morgan fingerprint density at radius 1 is 0.941 bits per heavy atom. The molecule has 5 aromatic rings. The Kier molecular flexibility index (Phi) is 5.48. The number of pyridine rings is 1. The van der Waals surface area contributed by atoms with E-state index in [0.717, 1.165) is 60.7 Å². The van der Waals surface area contributed by atoms with Gasteiger partial charge in [-0.05, 0) is 29.6 Å². The highest BCUT2D eigenvalue weighted by Crippen LogP contribution is 2.35. The number of anilines is 2. The van der Waals surface area contributed by atoms with Crippen molar-refractivity contribution in [1.29, 1.82) is 0 Å². The van der Waals surface area contributed by atoms with E-state index in [0.29, 0.717) is 11.9 Å². The van der Waals surface area contributed by atoms with Crippen molar-refractivity contribution < 1.29 is 4.63 Å². The van der Waals surface area contributed by atoms with Crippen LogP contribution in [0.25, 0.3) is 22.3 Å². The molecular weight excluding hydrogens is 426 g/mol. The third-order valence-corrected chi connectivity index (χ3v) is 6.43. The third kappa shape index (κ3) is 4.04. The summed E-state index contributed by atoms with van der Waals surface area (Å²) in [7, 11) is 0. The lowest BCUT2D eigenvalue weighted by Gasteiger charge is -2.33. The molecule has 0 saturated carbocycles. The number of benzene rings is 2. The number of nitrogens with zero attached hydrogens (tertiary/aromatic N) is 6. The summed E-state index contributed by atoms with van der Waals surface area (Å²) in [5, 5.41) is 11.0. The Bertz CT molecular complexity index is 1360. The van der Waals surface area contributed by atoms with Gasteiger partial charge in [-0.2, -0.15) is 0 Å². The van der Waals surface area contributed by atoms with Gasteiger partial charge in [0.1, 0.15) is 11.7 Å². The molecule has 170 valence electrons. The number of aromatic nitrogens is 5. The van der Waals surface area contributed by atoms with Crippen molar-refractivity contribution in [2.75, 3.05) is 18.4 Å². The summed E-state index contributed by atoms with van der Waals surface area (Å²) >= 11 is 0. The summed E-state index contributed by atoms with van der Waals surface area (Å²) < 4.78 is 7.09. The molecule has 0 bridgehead atoms. The van der Waals surface area contributed by atoms with E-state index in [2.05, 4.69) is 78.6 Å². The lowest BCUT2D eigenvalue weighted by atomic mass is 10.0. The number of piperidine rings is 1. The van der Waals surface area contributed by atoms with Gasteiger partial charge in [-0.1, -0.05) is 65.8 Å². The fourth-order valence-electron chi connectivity index (χ4n) is 4.80. The highest BCUT2D eigenvalue weighted by atomic mass is 16.6. The minimum absolute atomic E-state index is 0.311. The van der Waals surface area contributed by atoms with Crippen molar-refractivity contribution >= 4 is 22.8 Å². The van der Waals surface area contributed by atoms with Crippen LogP contribution < -0.4 is 5.32 Å². The van der Waals surface area contributed by atoms with Crippen LogP contribution in [0.15, 0.2) is 83.8 Å². The normalized spacial score (nSPS) is 15.1. The monoisotopic (exact) mass is 451 g/mol. The van der Waals surface area contributed by atoms with E-state index < -0.39 is 0 Å². The van der Waals surface area contributed by atoms with Gasteiger partial charge in [-0.15, -0.1) is 0 Å². The topological polar surface area (TPSA) is 84.9 Å². The Balaban J connectivity index is 1.34. The molecule has 0 unspecified atom stereocenters. The van der Waals surface area contributed by atoms with Crippen LogP contribution in [0.3, 0.4) is 0 Å². The standard InChI is InChI=1S/C26H25N7O/c1-3-7-19(8-4-1)18-32-15-12-21(13-16-32)33-22-11-14-27-24(20-9-5-2-6-10-20)25(22)30-26(33)29-23-17-28-34-31-23/h1-11,14,17,21H,12-13,15-16,18H2,(H,29,30,31). The quantitative estimate of drug-likeness (QED) is 0.386. The van der Waals surface area contributed by atoms with Gasteiger partial charge in [0.05, 0.1) is 11.2 Å². The average molecular weight is 452 g/mol. The lowest BCUT2D eigenvalue weighted by molar-refractivity contribution is 0.182. The summed E-state index contributed by atoms with van der Waals surface area (Å²) in [4.78, 5) is 12.2. The molecule has 8 heteroatoms. The smallest absolute Gasteiger partial charge is 0.210 e. The van der Waals surface area contributed by atoms with Crippen LogP contribution in [0.4, 0.5) is 11.8 Å². The number of imidazole rings is 1. The highest BCUT2D eigenvalue weighted by Gasteiger charge is 2.26. The van der Waals surface area contributed by atoms with E-state index in [-0.39, 0.29) is 0 Å². The summed E-state index contributed by atoms with van der Waals surface area (Å²) in [6.07, 6.45) is 5.50. The van der Waals surface area contributed by atoms with Gasteiger partial charge < -0.3 is 9.88 Å². The van der Waals surface area contributed by atoms with Crippen molar-refractivity contribution in [3.63, 3.8) is 0 Å². The average Bonchev–Trinajstić information content (AvgIpc) is 3.53. The molecule has 0 amide bonds. The van der Waals surface area contributed by atoms with Crippen LogP contribution in [-0.2, 0) is 6.54 Å². The van der Waals surface area contributed by atoms with Gasteiger partial charge in [0.2, 0.25) is 5.95 Å². The van der Waals surface area contributed by atoms with Crippen molar-refractivity contribution in [3.05, 3.63) is 84.7 Å². The van der Waals surface area contributed by atoms with Crippen molar-refractivity contribution in [3.8, 4) is 11.3 Å². The summed E-state index contributed by atoms with van der Waals surface area (Å²) in [5.74, 6) is 1.27. The highest BCUT2D eigenvalue weighted by molar-refractivity contribution is 5.91. The maximum atomic E-state index is 4.99. The zero-order chi connectivity index (χ0) is 22.7. The first-order valence-corrected chi connectivity index (χ1v) is 11.6. The molecule has 1 saturated heterocycles. The predicted octanol–water partition coefficient (Wildman–Crippen LogP) is 5.06. The molecule has 1 N–H and O–H groups in total. The maximum Gasteiger partial charge on any atom is 0.210 e. The molecule has 4 heterocycles. The van der Waals surface area contributed by atoms with Crippen molar-refractivity contribution in [2.24, 2.45) is 0 Å². The van der Waals surface area contributed by atoms with E-state index in [9.17, 15) is 0 Å². The first-order chi connectivity index (χ1) is 16.8. The van der Waals surface area contributed by atoms with Gasteiger partial charge in [-0.3, -0.25) is 9.88 Å². The molecule has 0 spiro atoms. The van der Waals surface area contributed by atoms with Gasteiger partial charge in [-0.25, -0.2) is 9.61 Å². The fourth-order valence-corrected chi connectivity index (χ4v) is 4.80. The number of fused-ring (bicyclic) bond motifs is 1. The van der Waals surface area contributed by atoms with E-state index in [1.54, 1.807) is 6.20 Å². The number of hydrogen-bond donors (Lipinski definition) is 1. The van der Waals surface area contributed by atoms with Crippen LogP contribution in [0.5, 0.6) is 0 Å². The van der Waals surface area contributed by atoms with Crippen LogP contribution in [0.2, 0.25) is 0 Å². The molecule has 1 fully saturated rings. The molecule has 0 atom stereocenters. The summed E-state index contributed by atoms with van der Waals surface area (Å²) in [6, 6.07) is 23.2.